The van der Waals surface area contributed by atoms with Crippen LogP contribution in [0.1, 0.15) is 37.5 Å². The molecule has 6 heteroatoms. The highest BCUT2D eigenvalue weighted by atomic mass is 16.5. The fourth-order valence-electron chi connectivity index (χ4n) is 4.14. The normalized spacial score (nSPS) is 35.0. The van der Waals surface area contributed by atoms with Crippen LogP contribution in [0.25, 0.3) is 0 Å². The Labute approximate surface area is 124 Å². The van der Waals surface area contributed by atoms with Crippen LogP contribution in [-0.2, 0) is 14.9 Å². The highest BCUT2D eigenvalue weighted by Gasteiger charge is 2.53. The largest absolute Gasteiger partial charge is 0.425 e. The van der Waals surface area contributed by atoms with Gasteiger partial charge in [0.05, 0.1) is 11.5 Å². The highest BCUT2D eigenvalue weighted by molar-refractivity contribution is 5.15. The summed E-state index contributed by atoms with van der Waals surface area (Å²) in [5, 5.41) is 8.38. The summed E-state index contributed by atoms with van der Waals surface area (Å²) in [6.45, 7) is 6.50. The molecular formula is C15H23N3O3. The van der Waals surface area contributed by atoms with Crippen molar-refractivity contribution in [2.24, 2.45) is 0 Å². The SMILES string of the molecule is Cc1nnc([C@@]23CCO[C@@H]2CCN(C2CCOCC2)C3)o1. The molecule has 3 saturated heterocycles. The van der Waals surface area contributed by atoms with Crippen LogP contribution in [0.15, 0.2) is 4.42 Å². The van der Waals surface area contributed by atoms with Gasteiger partial charge in [0.1, 0.15) is 0 Å². The van der Waals surface area contributed by atoms with Gasteiger partial charge >= 0.3 is 0 Å². The summed E-state index contributed by atoms with van der Waals surface area (Å²) >= 11 is 0. The fraction of sp³-hybridized carbons (Fsp3) is 0.867. The van der Waals surface area contributed by atoms with Crippen LogP contribution in [0.2, 0.25) is 0 Å². The number of likely N-dealkylation sites (tertiary alicyclic amines) is 1. The summed E-state index contributed by atoms with van der Waals surface area (Å²) in [5.41, 5.74) is -0.0994. The summed E-state index contributed by atoms with van der Waals surface area (Å²) < 4.78 is 17.3. The lowest BCUT2D eigenvalue weighted by atomic mass is 9.75. The van der Waals surface area contributed by atoms with Crippen molar-refractivity contribution in [1.82, 2.24) is 15.1 Å². The van der Waals surface area contributed by atoms with E-state index in [1.54, 1.807) is 0 Å². The van der Waals surface area contributed by atoms with Gasteiger partial charge in [-0.2, -0.15) is 0 Å². The van der Waals surface area contributed by atoms with Gasteiger partial charge in [0.15, 0.2) is 0 Å². The number of rotatable bonds is 2. The molecule has 0 bridgehead atoms. The van der Waals surface area contributed by atoms with E-state index in [9.17, 15) is 0 Å². The molecule has 0 saturated carbocycles. The smallest absolute Gasteiger partial charge is 0.226 e. The summed E-state index contributed by atoms with van der Waals surface area (Å²) in [4.78, 5) is 2.60. The molecule has 0 aromatic carbocycles. The van der Waals surface area contributed by atoms with Crippen LogP contribution in [0.3, 0.4) is 0 Å². The molecule has 116 valence electrons. The first-order chi connectivity index (χ1) is 10.3. The summed E-state index contributed by atoms with van der Waals surface area (Å²) in [5.74, 6) is 1.42. The van der Waals surface area contributed by atoms with Gasteiger partial charge in [-0.15, -0.1) is 10.2 Å². The molecule has 0 amide bonds. The van der Waals surface area contributed by atoms with Gasteiger partial charge in [-0.3, -0.25) is 4.90 Å². The number of ether oxygens (including phenoxy) is 2. The molecule has 1 aromatic rings. The fourth-order valence-corrected chi connectivity index (χ4v) is 4.14. The lowest BCUT2D eigenvalue weighted by Crippen LogP contribution is -2.56. The topological polar surface area (TPSA) is 60.6 Å². The Kier molecular flexibility index (Phi) is 3.47. The number of aromatic nitrogens is 2. The minimum absolute atomic E-state index is 0.0994. The lowest BCUT2D eigenvalue weighted by Gasteiger charge is -2.45. The van der Waals surface area contributed by atoms with E-state index in [0.717, 1.165) is 64.5 Å². The Bertz CT molecular complexity index is 500. The average Bonchev–Trinajstić information content (AvgIpc) is 3.14. The number of hydrogen-bond acceptors (Lipinski definition) is 6. The standard InChI is InChI=1S/C15H23N3O3/c1-11-16-17-14(21-11)15-5-9-20-13(15)2-6-18(10-15)12-3-7-19-8-4-12/h12-13H,2-10H2,1H3/t13-,15-/m1/s1. The molecule has 0 spiro atoms. The third-order valence-electron chi connectivity index (χ3n) is 5.31. The third kappa shape index (κ3) is 2.29. The molecule has 6 nitrogen and oxygen atoms in total. The summed E-state index contributed by atoms with van der Waals surface area (Å²) in [6.07, 6.45) is 4.53. The molecule has 1 aromatic heterocycles. The van der Waals surface area contributed by atoms with Gasteiger partial charge in [0.25, 0.3) is 0 Å². The number of hydrogen-bond donors (Lipinski definition) is 0. The second-order valence-electron chi connectivity index (χ2n) is 6.49. The van der Waals surface area contributed by atoms with Gasteiger partial charge in [-0.25, -0.2) is 0 Å². The molecule has 21 heavy (non-hydrogen) atoms. The Hall–Kier alpha value is -0.980. The minimum atomic E-state index is -0.0994. The van der Waals surface area contributed by atoms with Crippen molar-refractivity contribution in [3.05, 3.63) is 11.8 Å². The van der Waals surface area contributed by atoms with E-state index in [1.807, 2.05) is 6.92 Å². The first kappa shape index (κ1) is 13.7. The van der Waals surface area contributed by atoms with Crippen LogP contribution >= 0.6 is 0 Å². The van der Waals surface area contributed by atoms with Crippen molar-refractivity contribution >= 4 is 0 Å². The van der Waals surface area contributed by atoms with Crippen LogP contribution < -0.4 is 0 Å². The zero-order valence-corrected chi connectivity index (χ0v) is 12.6. The van der Waals surface area contributed by atoms with E-state index >= 15 is 0 Å². The Morgan fingerprint density at radius 3 is 2.76 bits per heavy atom. The Morgan fingerprint density at radius 1 is 1.14 bits per heavy atom. The van der Waals surface area contributed by atoms with Crippen molar-refractivity contribution in [2.75, 3.05) is 32.9 Å². The minimum Gasteiger partial charge on any atom is -0.425 e. The van der Waals surface area contributed by atoms with Crippen molar-refractivity contribution < 1.29 is 13.9 Å². The summed E-state index contributed by atoms with van der Waals surface area (Å²) in [6, 6.07) is 0.626. The number of fused-ring (bicyclic) bond motifs is 1. The maximum atomic E-state index is 5.98. The molecule has 0 aliphatic carbocycles. The van der Waals surface area contributed by atoms with Gasteiger partial charge < -0.3 is 13.9 Å². The van der Waals surface area contributed by atoms with Gasteiger partial charge in [0, 0.05) is 45.9 Å². The van der Waals surface area contributed by atoms with Crippen LogP contribution in [0, 0.1) is 6.92 Å². The quantitative estimate of drug-likeness (QED) is 0.819. The Morgan fingerprint density at radius 2 is 2.00 bits per heavy atom. The van der Waals surface area contributed by atoms with Crippen molar-refractivity contribution in [3.8, 4) is 0 Å². The molecule has 2 atom stereocenters. The zero-order valence-electron chi connectivity index (χ0n) is 12.6. The third-order valence-corrected chi connectivity index (χ3v) is 5.31. The lowest BCUT2D eigenvalue weighted by molar-refractivity contribution is -0.0303. The van der Waals surface area contributed by atoms with Gasteiger partial charge in [-0.05, 0) is 25.7 Å². The van der Waals surface area contributed by atoms with E-state index in [4.69, 9.17) is 13.9 Å². The van der Waals surface area contributed by atoms with Gasteiger partial charge in [0.2, 0.25) is 11.8 Å². The van der Waals surface area contributed by atoms with E-state index in [-0.39, 0.29) is 11.5 Å². The predicted octanol–water partition coefficient (Wildman–Crippen LogP) is 1.29. The van der Waals surface area contributed by atoms with Crippen LogP contribution in [0.5, 0.6) is 0 Å². The summed E-state index contributed by atoms with van der Waals surface area (Å²) in [7, 11) is 0. The number of piperidine rings is 1. The highest BCUT2D eigenvalue weighted by Crippen LogP contribution is 2.43. The van der Waals surface area contributed by atoms with Crippen molar-refractivity contribution in [1.29, 1.82) is 0 Å². The maximum absolute atomic E-state index is 5.98. The van der Waals surface area contributed by atoms with E-state index in [2.05, 4.69) is 15.1 Å². The van der Waals surface area contributed by atoms with Crippen LogP contribution in [0.4, 0.5) is 0 Å². The molecule has 3 aliphatic heterocycles. The van der Waals surface area contributed by atoms with E-state index in [0.29, 0.717) is 11.9 Å². The molecule has 4 rings (SSSR count). The molecule has 4 heterocycles. The number of aryl methyl sites for hydroxylation is 1. The molecular weight excluding hydrogens is 270 g/mol. The Balaban J connectivity index is 1.60. The first-order valence-corrected chi connectivity index (χ1v) is 8.02. The monoisotopic (exact) mass is 293 g/mol. The second kappa shape index (κ2) is 5.34. The molecule has 3 fully saturated rings. The predicted molar refractivity (Wildman–Crippen MR) is 75.1 cm³/mol. The van der Waals surface area contributed by atoms with E-state index in [1.165, 1.54) is 0 Å². The van der Waals surface area contributed by atoms with Crippen molar-refractivity contribution in [2.45, 2.75) is 50.2 Å². The van der Waals surface area contributed by atoms with E-state index < -0.39 is 0 Å². The van der Waals surface area contributed by atoms with Crippen molar-refractivity contribution in [3.63, 3.8) is 0 Å². The first-order valence-electron chi connectivity index (χ1n) is 8.02. The average molecular weight is 293 g/mol. The molecule has 0 N–H and O–H groups in total. The molecule has 0 radical (unpaired) electrons. The zero-order chi connectivity index (χ0) is 14.3. The molecule has 0 unspecified atom stereocenters. The molecule has 3 aliphatic rings. The van der Waals surface area contributed by atoms with Gasteiger partial charge in [-0.1, -0.05) is 0 Å². The maximum Gasteiger partial charge on any atom is 0.226 e. The second-order valence-corrected chi connectivity index (χ2v) is 6.49. The number of nitrogens with zero attached hydrogens (tertiary/aromatic N) is 3. The van der Waals surface area contributed by atoms with Crippen LogP contribution in [-0.4, -0.2) is 60.2 Å².